The van der Waals surface area contributed by atoms with E-state index in [1.54, 1.807) is 29.3 Å². The molecule has 7 nitrogen and oxygen atoms in total. The van der Waals surface area contributed by atoms with Crippen molar-refractivity contribution in [2.75, 3.05) is 31.6 Å². The summed E-state index contributed by atoms with van der Waals surface area (Å²) in [5.74, 6) is 0.322. The molecule has 2 aromatic heterocycles. The summed E-state index contributed by atoms with van der Waals surface area (Å²) in [6, 6.07) is 5.40. The van der Waals surface area contributed by atoms with E-state index in [-0.39, 0.29) is 11.5 Å². The van der Waals surface area contributed by atoms with Gasteiger partial charge in [-0.25, -0.2) is 4.98 Å². The van der Waals surface area contributed by atoms with E-state index in [0.717, 1.165) is 32.1 Å². The maximum Gasteiger partial charge on any atom is 0.267 e. The third-order valence-corrected chi connectivity index (χ3v) is 6.49. The summed E-state index contributed by atoms with van der Waals surface area (Å²) in [7, 11) is 0. The Labute approximate surface area is 198 Å². The Morgan fingerprint density at radius 2 is 2.03 bits per heavy atom. The Morgan fingerprint density at radius 1 is 1.19 bits per heavy atom. The van der Waals surface area contributed by atoms with Gasteiger partial charge in [-0.3, -0.25) is 18.9 Å². The first kappa shape index (κ1) is 24.4. The predicted molar refractivity (Wildman–Crippen MR) is 135 cm³/mol. The Kier molecular flexibility index (Phi) is 9.25. The molecule has 1 saturated heterocycles. The minimum atomic E-state index is -0.226. The van der Waals surface area contributed by atoms with Gasteiger partial charge in [0.15, 0.2) is 0 Å². The number of nitrogens with zero attached hydrogens (tertiary/aromatic N) is 3. The molecule has 0 aliphatic carbocycles. The SMILES string of the molecule is CCCCCCN1C(=O)/C(=C\c2c(NCCCOCC)nc3ccccn3c2=O)SC1=S. The first-order chi connectivity index (χ1) is 15.6. The number of nitrogens with one attached hydrogen (secondary N) is 1. The summed E-state index contributed by atoms with van der Waals surface area (Å²) in [6.07, 6.45) is 8.35. The summed E-state index contributed by atoms with van der Waals surface area (Å²) in [5.41, 5.74) is 0.679. The van der Waals surface area contributed by atoms with Gasteiger partial charge in [0.1, 0.15) is 15.8 Å². The molecule has 9 heteroatoms. The summed E-state index contributed by atoms with van der Waals surface area (Å²) in [5, 5.41) is 3.25. The smallest absolute Gasteiger partial charge is 0.267 e. The largest absolute Gasteiger partial charge is 0.382 e. The lowest BCUT2D eigenvalue weighted by Gasteiger charge is -2.14. The van der Waals surface area contributed by atoms with Gasteiger partial charge in [-0.1, -0.05) is 56.2 Å². The zero-order valence-electron chi connectivity index (χ0n) is 18.6. The van der Waals surface area contributed by atoms with Crippen LogP contribution < -0.4 is 10.9 Å². The molecular formula is C23H30N4O3S2. The van der Waals surface area contributed by atoms with Gasteiger partial charge in [0.2, 0.25) is 0 Å². The molecule has 0 unspecified atom stereocenters. The van der Waals surface area contributed by atoms with E-state index >= 15 is 0 Å². The number of fused-ring (bicyclic) bond motifs is 1. The number of carbonyl (C=O) groups is 1. The first-order valence-corrected chi connectivity index (χ1v) is 12.4. The fraction of sp³-hybridized carbons (Fsp3) is 0.478. The van der Waals surface area contributed by atoms with Crippen LogP contribution in [0.2, 0.25) is 0 Å². The minimum absolute atomic E-state index is 0.142. The molecule has 172 valence electrons. The fourth-order valence-corrected chi connectivity index (χ4v) is 4.70. The van der Waals surface area contributed by atoms with E-state index in [1.807, 2.05) is 13.0 Å². The number of ether oxygens (including phenoxy) is 1. The molecule has 2 aromatic rings. The maximum absolute atomic E-state index is 13.2. The predicted octanol–water partition coefficient (Wildman–Crippen LogP) is 4.31. The second kappa shape index (κ2) is 12.1. The van der Waals surface area contributed by atoms with Crippen molar-refractivity contribution >= 4 is 51.7 Å². The molecule has 0 aromatic carbocycles. The van der Waals surface area contributed by atoms with Crippen molar-refractivity contribution in [1.82, 2.24) is 14.3 Å². The number of amides is 1. The van der Waals surface area contributed by atoms with Crippen LogP contribution in [0.15, 0.2) is 34.1 Å². The van der Waals surface area contributed by atoms with E-state index in [1.165, 1.54) is 16.2 Å². The number of aromatic nitrogens is 2. The van der Waals surface area contributed by atoms with Crippen LogP contribution in [0.1, 0.15) is 51.5 Å². The number of pyridine rings is 1. The highest BCUT2D eigenvalue weighted by molar-refractivity contribution is 8.26. The number of hydrogen-bond donors (Lipinski definition) is 1. The van der Waals surface area contributed by atoms with Crippen LogP contribution in [0, 0.1) is 0 Å². The van der Waals surface area contributed by atoms with Gasteiger partial charge in [-0.15, -0.1) is 0 Å². The van der Waals surface area contributed by atoms with Crippen LogP contribution >= 0.6 is 24.0 Å². The van der Waals surface area contributed by atoms with Gasteiger partial charge in [0, 0.05) is 32.5 Å². The Balaban J connectivity index is 1.87. The number of thioether (sulfide) groups is 1. The molecule has 1 aliphatic rings. The highest BCUT2D eigenvalue weighted by Crippen LogP contribution is 2.33. The number of hydrogen-bond acceptors (Lipinski definition) is 7. The molecule has 0 saturated carbocycles. The van der Waals surface area contributed by atoms with Gasteiger partial charge in [0.05, 0.1) is 10.5 Å². The molecule has 1 amide bonds. The Bertz CT molecular complexity index is 1050. The van der Waals surface area contributed by atoms with Crippen molar-refractivity contribution in [3.8, 4) is 0 Å². The van der Waals surface area contributed by atoms with E-state index in [9.17, 15) is 9.59 Å². The molecule has 3 rings (SSSR count). The van der Waals surface area contributed by atoms with Gasteiger partial charge < -0.3 is 10.1 Å². The van der Waals surface area contributed by atoms with E-state index < -0.39 is 0 Å². The molecular weight excluding hydrogens is 444 g/mol. The van der Waals surface area contributed by atoms with Crippen LogP contribution in [-0.2, 0) is 9.53 Å². The quantitative estimate of drug-likeness (QED) is 0.279. The lowest BCUT2D eigenvalue weighted by Crippen LogP contribution is -2.29. The monoisotopic (exact) mass is 474 g/mol. The van der Waals surface area contributed by atoms with E-state index in [4.69, 9.17) is 17.0 Å². The molecule has 0 bridgehead atoms. The summed E-state index contributed by atoms with van der Waals surface area (Å²) in [6.45, 7) is 6.62. The average Bonchev–Trinajstić information content (AvgIpc) is 3.06. The van der Waals surface area contributed by atoms with Crippen LogP contribution in [0.4, 0.5) is 5.82 Å². The second-order valence-corrected chi connectivity index (χ2v) is 9.16. The molecule has 1 N–H and O–H groups in total. The van der Waals surface area contributed by atoms with Crippen LogP contribution in [-0.4, -0.2) is 50.8 Å². The second-order valence-electron chi connectivity index (χ2n) is 7.48. The highest BCUT2D eigenvalue weighted by Gasteiger charge is 2.32. The maximum atomic E-state index is 13.2. The number of unbranched alkanes of at least 4 members (excludes halogenated alkanes) is 3. The highest BCUT2D eigenvalue weighted by atomic mass is 32.2. The summed E-state index contributed by atoms with van der Waals surface area (Å²) in [4.78, 5) is 32.9. The van der Waals surface area contributed by atoms with Gasteiger partial charge >= 0.3 is 0 Å². The van der Waals surface area contributed by atoms with Crippen molar-refractivity contribution in [2.24, 2.45) is 0 Å². The van der Waals surface area contributed by atoms with Crippen molar-refractivity contribution in [3.63, 3.8) is 0 Å². The van der Waals surface area contributed by atoms with Gasteiger partial charge in [0.25, 0.3) is 11.5 Å². The van der Waals surface area contributed by atoms with E-state index in [0.29, 0.717) is 52.6 Å². The van der Waals surface area contributed by atoms with Crippen molar-refractivity contribution in [2.45, 2.75) is 46.0 Å². The van der Waals surface area contributed by atoms with Crippen molar-refractivity contribution in [1.29, 1.82) is 0 Å². The third kappa shape index (κ3) is 5.96. The molecule has 0 radical (unpaired) electrons. The standard InChI is InChI=1S/C23H30N4O3S2/c1-3-5-6-8-14-27-22(29)18(32-23(27)31)16-17-20(24-12-10-15-30-4-2)25-19-11-7-9-13-26(19)21(17)28/h7,9,11,13,16,24H,3-6,8,10,12,14-15H2,1-2H3/b18-16+. The van der Waals surface area contributed by atoms with Crippen molar-refractivity contribution in [3.05, 3.63) is 45.2 Å². The van der Waals surface area contributed by atoms with Crippen LogP contribution in [0.3, 0.4) is 0 Å². The van der Waals surface area contributed by atoms with Crippen LogP contribution in [0.25, 0.3) is 11.7 Å². The number of rotatable bonds is 12. The third-order valence-electron chi connectivity index (χ3n) is 5.12. The summed E-state index contributed by atoms with van der Waals surface area (Å²) >= 11 is 6.68. The molecule has 1 aliphatic heterocycles. The van der Waals surface area contributed by atoms with Gasteiger partial charge in [-0.2, -0.15) is 0 Å². The first-order valence-electron chi connectivity index (χ1n) is 11.1. The lowest BCUT2D eigenvalue weighted by atomic mass is 10.2. The average molecular weight is 475 g/mol. The molecule has 3 heterocycles. The van der Waals surface area contributed by atoms with Gasteiger partial charge in [-0.05, 0) is 38.0 Å². The molecule has 0 spiro atoms. The number of thiocarbonyl (C=S) groups is 1. The fourth-order valence-electron chi connectivity index (χ4n) is 3.41. The van der Waals surface area contributed by atoms with Crippen molar-refractivity contribution < 1.29 is 9.53 Å². The zero-order chi connectivity index (χ0) is 22.9. The molecule has 0 atom stereocenters. The van der Waals surface area contributed by atoms with Crippen LogP contribution in [0.5, 0.6) is 0 Å². The topological polar surface area (TPSA) is 75.9 Å². The Morgan fingerprint density at radius 3 is 2.81 bits per heavy atom. The van der Waals surface area contributed by atoms with E-state index in [2.05, 4.69) is 17.2 Å². The summed E-state index contributed by atoms with van der Waals surface area (Å²) < 4.78 is 7.41. The normalized spacial score (nSPS) is 15.3. The number of anilines is 1. The molecule has 1 fully saturated rings. The Hall–Kier alpha value is -2.23. The number of carbonyl (C=O) groups excluding carboxylic acids is 1. The molecule has 32 heavy (non-hydrogen) atoms. The zero-order valence-corrected chi connectivity index (χ0v) is 20.3. The minimum Gasteiger partial charge on any atom is -0.382 e. The lowest BCUT2D eigenvalue weighted by molar-refractivity contribution is -0.122.